The summed E-state index contributed by atoms with van der Waals surface area (Å²) in [6.07, 6.45) is 7.45. The van der Waals surface area contributed by atoms with Crippen LogP contribution in [-0.2, 0) is 4.79 Å². The van der Waals surface area contributed by atoms with Crippen LogP contribution < -0.4 is 21.7 Å². The molecule has 0 aliphatic heterocycles. The van der Waals surface area contributed by atoms with Crippen molar-refractivity contribution in [3.63, 3.8) is 0 Å². The zero-order chi connectivity index (χ0) is 23.1. The molecule has 0 aromatic carbocycles. The molecule has 3 aromatic rings. The molecule has 0 unspecified atom stereocenters. The molecule has 0 saturated carbocycles. The number of nitrogen functional groups attached to an aromatic ring is 1. The molecular formula is C22H28N8O2. The van der Waals surface area contributed by atoms with Crippen molar-refractivity contribution in [1.82, 2.24) is 25.3 Å². The van der Waals surface area contributed by atoms with Crippen LogP contribution in [0.4, 0.5) is 17.5 Å². The third kappa shape index (κ3) is 5.87. The molecule has 168 valence electrons. The summed E-state index contributed by atoms with van der Waals surface area (Å²) < 4.78 is 0. The van der Waals surface area contributed by atoms with Crippen LogP contribution in [0.1, 0.15) is 50.4 Å². The topological polar surface area (TPSA) is 148 Å². The number of aromatic nitrogens is 4. The van der Waals surface area contributed by atoms with Gasteiger partial charge in [-0.2, -0.15) is 4.98 Å². The summed E-state index contributed by atoms with van der Waals surface area (Å²) in [6.45, 7) is 6.04. The molecule has 10 heteroatoms. The molecule has 10 nitrogen and oxygen atoms in total. The van der Waals surface area contributed by atoms with E-state index in [1.807, 2.05) is 6.92 Å². The van der Waals surface area contributed by atoms with Crippen LogP contribution in [0.2, 0.25) is 0 Å². The minimum atomic E-state index is -0.453. The number of carbonyl (C=O) groups excluding carboxylic acids is 2. The summed E-state index contributed by atoms with van der Waals surface area (Å²) in [7, 11) is 0. The van der Waals surface area contributed by atoms with Crippen molar-refractivity contribution < 1.29 is 9.59 Å². The molecule has 0 aliphatic rings. The van der Waals surface area contributed by atoms with E-state index in [1.165, 1.54) is 6.92 Å². The first-order valence-electron chi connectivity index (χ1n) is 10.5. The molecule has 0 bridgehead atoms. The molecule has 2 amide bonds. The van der Waals surface area contributed by atoms with E-state index in [0.29, 0.717) is 34.6 Å². The van der Waals surface area contributed by atoms with Gasteiger partial charge in [0.25, 0.3) is 5.91 Å². The molecule has 3 heterocycles. The van der Waals surface area contributed by atoms with E-state index in [4.69, 9.17) is 5.73 Å². The van der Waals surface area contributed by atoms with Crippen LogP contribution in [0.3, 0.4) is 0 Å². The lowest BCUT2D eigenvalue weighted by Gasteiger charge is -2.32. The van der Waals surface area contributed by atoms with E-state index in [1.54, 1.807) is 36.8 Å². The number of nitrogens with zero attached hydrogens (tertiary/aromatic N) is 4. The number of anilines is 3. The fraction of sp³-hybridized carbons (Fsp3) is 0.364. The van der Waals surface area contributed by atoms with Gasteiger partial charge in [0.05, 0.1) is 22.9 Å². The predicted molar refractivity (Wildman–Crippen MR) is 124 cm³/mol. The van der Waals surface area contributed by atoms with Crippen molar-refractivity contribution in [3.05, 3.63) is 42.4 Å². The van der Waals surface area contributed by atoms with Gasteiger partial charge in [0.2, 0.25) is 11.9 Å². The second kappa shape index (κ2) is 9.99. The maximum Gasteiger partial charge on any atom is 0.255 e. The van der Waals surface area contributed by atoms with Crippen LogP contribution in [0.15, 0.2) is 36.8 Å². The highest BCUT2D eigenvalue weighted by molar-refractivity contribution is 6.04. The number of pyridine rings is 2. The number of rotatable bonds is 9. The number of amides is 2. The zero-order valence-electron chi connectivity index (χ0n) is 18.5. The fourth-order valence-electron chi connectivity index (χ4n) is 3.27. The number of hydrogen-bond acceptors (Lipinski definition) is 8. The molecule has 0 saturated heterocycles. The van der Waals surface area contributed by atoms with Crippen molar-refractivity contribution in [2.75, 3.05) is 22.9 Å². The van der Waals surface area contributed by atoms with Gasteiger partial charge in [0, 0.05) is 31.4 Å². The van der Waals surface area contributed by atoms with E-state index >= 15 is 0 Å². The van der Waals surface area contributed by atoms with E-state index < -0.39 is 5.54 Å². The lowest BCUT2D eigenvalue weighted by molar-refractivity contribution is -0.119. The fourth-order valence-corrected chi connectivity index (χ4v) is 3.27. The minimum absolute atomic E-state index is 0.0804. The van der Waals surface area contributed by atoms with E-state index in [9.17, 15) is 9.59 Å². The predicted octanol–water partition coefficient (Wildman–Crippen LogP) is 2.75. The lowest BCUT2D eigenvalue weighted by Crippen LogP contribution is -2.46. The van der Waals surface area contributed by atoms with E-state index in [-0.39, 0.29) is 17.8 Å². The zero-order valence-corrected chi connectivity index (χ0v) is 18.5. The highest BCUT2D eigenvalue weighted by atomic mass is 16.2. The standard InChI is InChI=1S/C22H28N8O2/c1-4-5-8-22(3,13-26-14(2)31)30-19-18-17(28-21(23)29-19)11-16(12-25-18)27-20(32)15-6-9-24-10-7-15/h6-7,9-12H,4-5,8,13H2,1-3H3,(H,26,31)(H,27,32)(H3,23,28,29,30)/t22-/m1/s1. The maximum absolute atomic E-state index is 12.4. The Bertz CT molecular complexity index is 1110. The second-order valence-corrected chi connectivity index (χ2v) is 7.91. The normalized spacial score (nSPS) is 12.7. The van der Waals surface area contributed by atoms with Crippen LogP contribution in [0.25, 0.3) is 11.0 Å². The molecule has 0 aliphatic carbocycles. The lowest BCUT2D eigenvalue weighted by atomic mass is 9.94. The number of carbonyl (C=O) groups is 2. The second-order valence-electron chi connectivity index (χ2n) is 7.91. The van der Waals surface area contributed by atoms with Crippen LogP contribution in [-0.4, -0.2) is 43.8 Å². The maximum atomic E-state index is 12.4. The Hall–Kier alpha value is -3.82. The molecule has 3 aromatic heterocycles. The van der Waals surface area contributed by atoms with Gasteiger partial charge in [0.1, 0.15) is 5.52 Å². The van der Waals surface area contributed by atoms with Crippen molar-refractivity contribution in [3.8, 4) is 0 Å². The number of fused-ring (bicyclic) bond motifs is 1. The van der Waals surface area contributed by atoms with E-state index in [0.717, 1.165) is 19.3 Å². The Morgan fingerprint density at radius 2 is 1.94 bits per heavy atom. The Labute approximate surface area is 186 Å². The SMILES string of the molecule is CCCC[C@](C)(CNC(C)=O)Nc1nc(N)nc2cc(NC(=O)c3ccncc3)cnc12. The van der Waals surface area contributed by atoms with Crippen molar-refractivity contribution >= 4 is 40.3 Å². The average Bonchev–Trinajstić information content (AvgIpc) is 2.76. The van der Waals surface area contributed by atoms with Gasteiger partial charge in [-0.1, -0.05) is 19.8 Å². The molecule has 0 fully saturated rings. The minimum Gasteiger partial charge on any atom is -0.368 e. The Balaban J connectivity index is 1.88. The first-order chi connectivity index (χ1) is 15.3. The summed E-state index contributed by atoms with van der Waals surface area (Å²) in [4.78, 5) is 40.9. The van der Waals surface area contributed by atoms with Gasteiger partial charge in [-0.3, -0.25) is 14.6 Å². The third-order valence-corrected chi connectivity index (χ3v) is 4.98. The summed E-state index contributed by atoms with van der Waals surface area (Å²) >= 11 is 0. The third-order valence-electron chi connectivity index (χ3n) is 4.98. The molecule has 0 radical (unpaired) electrons. The first-order valence-corrected chi connectivity index (χ1v) is 10.5. The largest absolute Gasteiger partial charge is 0.368 e. The van der Waals surface area contributed by atoms with Gasteiger partial charge >= 0.3 is 0 Å². The van der Waals surface area contributed by atoms with Gasteiger partial charge in [0.15, 0.2) is 5.82 Å². The first kappa shape index (κ1) is 22.9. The molecule has 32 heavy (non-hydrogen) atoms. The number of nitrogens with two attached hydrogens (primary N) is 1. The molecule has 0 spiro atoms. The van der Waals surface area contributed by atoms with Gasteiger partial charge in [-0.05, 0) is 31.5 Å². The summed E-state index contributed by atoms with van der Waals surface area (Å²) in [5.74, 6) is 0.172. The molecule has 3 rings (SSSR count). The van der Waals surface area contributed by atoms with Crippen molar-refractivity contribution in [2.24, 2.45) is 0 Å². The summed E-state index contributed by atoms with van der Waals surface area (Å²) in [6, 6.07) is 4.94. The van der Waals surface area contributed by atoms with Gasteiger partial charge in [-0.25, -0.2) is 9.97 Å². The Morgan fingerprint density at radius 3 is 2.62 bits per heavy atom. The summed E-state index contributed by atoms with van der Waals surface area (Å²) in [5, 5.41) is 9.09. The Morgan fingerprint density at radius 1 is 1.19 bits per heavy atom. The number of hydrogen-bond donors (Lipinski definition) is 4. The number of nitrogens with one attached hydrogen (secondary N) is 3. The highest BCUT2D eigenvalue weighted by Crippen LogP contribution is 2.26. The monoisotopic (exact) mass is 436 g/mol. The van der Waals surface area contributed by atoms with Gasteiger partial charge < -0.3 is 21.7 Å². The van der Waals surface area contributed by atoms with Crippen LogP contribution >= 0.6 is 0 Å². The molecular weight excluding hydrogens is 408 g/mol. The number of unbranched alkanes of at least 4 members (excludes halogenated alkanes) is 1. The quantitative estimate of drug-likeness (QED) is 0.400. The summed E-state index contributed by atoms with van der Waals surface area (Å²) in [5.41, 5.74) is 7.47. The van der Waals surface area contributed by atoms with Crippen molar-refractivity contribution in [2.45, 2.75) is 45.6 Å². The van der Waals surface area contributed by atoms with E-state index in [2.05, 4.69) is 42.8 Å². The van der Waals surface area contributed by atoms with Gasteiger partial charge in [-0.15, -0.1) is 0 Å². The smallest absolute Gasteiger partial charge is 0.255 e. The highest BCUT2D eigenvalue weighted by Gasteiger charge is 2.26. The Kier molecular flexibility index (Phi) is 7.14. The van der Waals surface area contributed by atoms with Crippen LogP contribution in [0, 0.1) is 0 Å². The average molecular weight is 437 g/mol. The van der Waals surface area contributed by atoms with Crippen molar-refractivity contribution in [1.29, 1.82) is 0 Å². The molecule has 5 N–H and O–H groups in total. The molecule has 1 atom stereocenters. The van der Waals surface area contributed by atoms with Crippen LogP contribution in [0.5, 0.6) is 0 Å².